The van der Waals surface area contributed by atoms with Crippen LogP contribution in [-0.4, -0.2) is 42.2 Å². The molecule has 0 radical (unpaired) electrons. The van der Waals surface area contributed by atoms with Crippen LogP contribution in [0.25, 0.3) is 28.1 Å². The van der Waals surface area contributed by atoms with Crippen molar-refractivity contribution >= 4 is 23.1 Å². The first kappa shape index (κ1) is 19.0. The van der Waals surface area contributed by atoms with Gasteiger partial charge in [0.05, 0.1) is 24.1 Å². The molecule has 0 atom stereocenters. The van der Waals surface area contributed by atoms with Gasteiger partial charge >= 0.3 is 6.09 Å². The van der Waals surface area contributed by atoms with Gasteiger partial charge in [-0.1, -0.05) is 7.43 Å². The van der Waals surface area contributed by atoms with Crippen LogP contribution in [0, 0.1) is 6.92 Å². The van der Waals surface area contributed by atoms with E-state index in [1.54, 1.807) is 31.7 Å². The molecule has 0 fully saturated rings. The Bertz CT molecular complexity index is 1100. The van der Waals surface area contributed by atoms with Crippen molar-refractivity contribution < 1.29 is 9.53 Å². The molecule has 0 bridgehead atoms. The van der Waals surface area contributed by atoms with Gasteiger partial charge in [0.25, 0.3) is 0 Å². The standard InChI is InChI=1S/C18H17N7O2.CH4/c1-3-27-18(26)24-17-22-14-8-12(25-9-11(2)21-10-25)7-13(15(14)23-17)16-19-5-4-6-20-16;/h4-10H,3H2,1-2H3,(H2,22,23,24,26);1H4. The van der Waals surface area contributed by atoms with Gasteiger partial charge in [-0.15, -0.1) is 0 Å². The minimum atomic E-state index is -0.570. The lowest BCUT2D eigenvalue weighted by atomic mass is 10.1. The third-order valence-corrected chi connectivity index (χ3v) is 3.88. The third-order valence-electron chi connectivity index (χ3n) is 3.88. The molecule has 144 valence electrons. The number of fused-ring (bicyclic) bond motifs is 1. The molecular weight excluding hydrogens is 358 g/mol. The maximum absolute atomic E-state index is 11.7. The fourth-order valence-corrected chi connectivity index (χ4v) is 2.75. The molecule has 0 spiro atoms. The Hall–Kier alpha value is -3.75. The van der Waals surface area contributed by atoms with Crippen molar-refractivity contribution in [2.75, 3.05) is 11.9 Å². The van der Waals surface area contributed by atoms with Crippen molar-refractivity contribution in [3.8, 4) is 17.1 Å². The Labute approximate surface area is 161 Å². The maximum atomic E-state index is 11.7. The predicted molar refractivity (Wildman–Crippen MR) is 106 cm³/mol. The molecule has 0 saturated heterocycles. The number of nitrogens with zero attached hydrogens (tertiary/aromatic N) is 5. The van der Waals surface area contributed by atoms with E-state index in [4.69, 9.17) is 4.74 Å². The Kier molecular flexibility index (Phi) is 5.35. The van der Waals surface area contributed by atoms with E-state index < -0.39 is 6.09 Å². The second-order valence-electron chi connectivity index (χ2n) is 5.82. The van der Waals surface area contributed by atoms with E-state index in [9.17, 15) is 4.79 Å². The first-order chi connectivity index (χ1) is 13.1. The van der Waals surface area contributed by atoms with Crippen molar-refractivity contribution in [1.82, 2.24) is 29.5 Å². The Morgan fingerprint density at radius 2 is 2.04 bits per heavy atom. The van der Waals surface area contributed by atoms with E-state index >= 15 is 0 Å². The van der Waals surface area contributed by atoms with Gasteiger partial charge in [0.2, 0.25) is 5.95 Å². The molecule has 2 N–H and O–H groups in total. The number of rotatable bonds is 4. The summed E-state index contributed by atoms with van der Waals surface area (Å²) < 4.78 is 6.81. The SMILES string of the molecule is C.CCOC(=O)Nc1nc2c(-c3ncccn3)cc(-n3cnc(C)c3)cc2[nH]1. The van der Waals surface area contributed by atoms with Crippen LogP contribution in [-0.2, 0) is 4.74 Å². The molecule has 0 saturated carbocycles. The van der Waals surface area contributed by atoms with Crippen molar-refractivity contribution in [2.45, 2.75) is 21.3 Å². The van der Waals surface area contributed by atoms with Crippen molar-refractivity contribution in [3.63, 3.8) is 0 Å². The molecular formula is C19H21N7O2. The van der Waals surface area contributed by atoms with Gasteiger partial charge in [0.15, 0.2) is 5.82 Å². The summed E-state index contributed by atoms with van der Waals surface area (Å²) in [6, 6.07) is 5.61. The lowest BCUT2D eigenvalue weighted by Gasteiger charge is -2.06. The molecule has 1 aromatic carbocycles. The second-order valence-corrected chi connectivity index (χ2v) is 5.82. The van der Waals surface area contributed by atoms with Crippen LogP contribution in [0.4, 0.5) is 10.7 Å². The average molecular weight is 379 g/mol. The summed E-state index contributed by atoms with van der Waals surface area (Å²) in [5.74, 6) is 0.829. The van der Waals surface area contributed by atoms with Gasteiger partial charge in [-0.2, -0.15) is 0 Å². The van der Waals surface area contributed by atoms with Crippen LogP contribution in [0.15, 0.2) is 43.1 Å². The van der Waals surface area contributed by atoms with E-state index in [2.05, 4.69) is 30.2 Å². The minimum absolute atomic E-state index is 0. The largest absolute Gasteiger partial charge is 0.450 e. The summed E-state index contributed by atoms with van der Waals surface area (Å²) >= 11 is 0. The van der Waals surface area contributed by atoms with Gasteiger partial charge in [-0.3, -0.25) is 5.32 Å². The number of hydrogen-bond acceptors (Lipinski definition) is 6. The van der Waals surface area contributed by atoms with Crippen LogP contribution in [0.5, 0.6) is 0 Å². The van der Waals surface area contributed by atoms with Crippen molar-refractivity contribution in [1.29, 1.82) is 0 Å². The fraction of sp³-hybridized carbons (Fsp3) is 0.211. The third kappa shape index (κ3) is 3.68. The summed E-state index contributed by atoms with van der Waals surface area (Å²) in [5, 5.41) is 2.59. The number of ether oxygens (including phenoxy) is 1. The summed E-state index contributed by atoms with van der Waals surface area (Å²) in [6.45, 7) is 3.94. The first-order valence-corrected chi connectivity index (χ1v) is 8.40. The quantitative estimate of drug-likeness (QED) is 0.559. The number of aromatic nitrogens is 6. The van der Waals surface area contributed by atoms with Crippen molar-refractivity contribution in [3.05, 3.63) is 48.8 Å². The Balaban J connectivity index is 0.00000225. The first-order valence-electron chi connectivity index (χ1n) is 8.40. The number of amides is 1. The molecule has 0 aliphatic rings. The number of aryl methyl sites for hydroxylation is 1. The molecule has 4 aromatic rings. The molecule has 0 unspecified atom stereocenters. The van der Waals surface area contributed by atoms with Crippen LogP contribution in [0.3, 0.4) is 0 Å². The summed E-state index contributed by atoms with van der Waals surface area (Å²) in [4.78, 5) is 32.2. The molecule has 28 heavy (non-hydrogen) atoms. The number of aromatic amines is 1. The maximum Gasteiger partial charge on any atom is 0.413 e. The molecule has 9 nitrogen and oxygen atoms in total. The van der Waals surface area contributed by atoms with Crippen LogP contribution < -0.4 is 5.32 Å². The normalized spacial score (nSPS) is 10.5. The predicted octanol–water partition coefficient (Wildman–Crippen LogP) is 3.72. The molecule has 3 heterocycles. The molecule has 1 amide bonds. The highest BCUT2D eigenvalue weighted by molar-refractivity contribution is 5.95. The lowest BCUT2D eigenvalue weighted by molar-refractivity contribution is 0.167. The zero-order valence-corrected chi connectivity index (χ0v) is 14.8. The van der Waals surface area contributed by atoms with Crippen LogP contribution in [0.1, 0.15) is 20.0 Å². The molecule has 0 aliphatic carbocycles. The number of imidazole rings is 2. The molecule has 4 rings (SSSR count). The zero-order valence-electron chi connectivity index (χ0n) is 14.8. The topological polar surface area (TPSA) is 111 Å². The molecule has 3 aromatic heterocycles. The number of carbonyl (C=O) groups excluding carboxylic acids is 1. The number of nitrogens with one attached hydrogen (secondary N) is 2. The van der Waals surface area contributed by atoms with Crippen LogP contribution >= 0.6 is 0 Å². The zero-order chi connectivity index (χ0) is 18.8. The number of benzene rings is 1. The molecule has 9 heteroatoms. The second kappa shape index (κ2) is 7.87. The number of H-pyrrole nitrogens is 1. The van der Waals surface area contributed by atoms with Gasteiger partial charge in [0, 0.05) is 29.8 Å². The molecule has 0 aliphatic heterocycles. The van der Waals surface area contributed by atoms with E-state index in [0.717, 1.165) is 22.5 Å². The lowest BCUT2D eigenvalue weighted by Crippen LogP contribution is -2.14. The summed E-state index contributed by atoms with van der Waals surface area (Å²) in [7, 11) is 0. The highest BCUT2D eigenvalue weighted by Gasteiger charge is 2.15. The monoisotopic (exact) mass is 379 g/mol. The van der Waals surface area contributed by atoms with Gasteiger partial charge in [0.1, 0.15) is 5.52 Å². The van der Waals surface area contributed by atoms with E-state index in [-0.39, 0.29) is 14.0 Å². The smallest absolute Gasteiger partial charge is 0.413 e. The van der Waals surface area contributed by atoms with E-state index in [1.807, 2.05) is 29.8 Å². The summed E-state index contributed by atoms with van der Waals surface area (Å²) in [6.07, 6.45) is 6.43. The minimum Gasteiger partial charge on any atom is -0.450 e. The van der Waals surface area contributed by atoms with Crippen LogP contribution in [0.2, 0.25) is 0 Å². The average Bonchev–Trinajstić information content (AvgIpc) is 3.27. The fourth-order valence-electron chi connectivity index (χ4n) is 2.75. The summed E-state index contributed by atoms with van der Waals surface area (Å²) in [5.41, 5.74) is 3.89. The number of anilines is 1. The van der Waals surface area contributed by atoms with E-state index in [0.29, 0.717) is 17.3 Å². The van der Waals surface area contributed by atoms with Gasteiger partial charge in [-0.25, -0.2) is 24.7 Å². The van der Waals surface area contributed by atoms with E-state index in [1.165, 1.54) is 0 Å². The van der Waals surface area contributed by atoms with Crippen molar-refractivity contribution in [2.24, 2.45) is 0 Å². The Morgan fingerprint density at radius 1 is 1.25 bits per heavy atom. The highest BCUT2D eigenvalue weighted by atomic mass is 16.5. The van der Waals surface area contributed by atoms with Gasteiger partial charge in [-0.05, 0) is 32.0 Å². The number of carbonyl (C=O) groups is 1. The van der Waals surface area contributed by atoms with Gasteiger partial charge < -0.3 is 14.3 Å². The number of hydrogen-bond donors (Lipinski definition) is 2. The highest BCUT2D eigenvalue weighted by Crippen LogP contribution is 2.29. The Morgan fingerprint density at radius 3 is 2.71 bits per heavy atom.